The van der Waals surface area contributed by atoms with E-state index in [0.717, 1.165) is 60.7 Å². The second kappa shape index (κ2) is 7.32. The van der Waals surface area contributed by atoms with Crippen molar-refractivity contribution in [2.45, 2.75) is 12.8 Å². The molecule has 1 aromatic carbocycles. The summed E-state index contributed by atoms with van der Waals surface area (Å²) < 4.78 is 5.44. The maximum absolute atomic E-state index is 10.8. The number of anilines is 1. The van der Waals surface area contributed by atoms with Gasteiger partial charge in [-0.2, -0.15) is 0 Å². The van der Waals surface area contributed by atoms with E-state index in [0.29, 0.717) is 5.92 Å². The Hall–Kier alpha value is -3.00. The number of benzene rings is 1. The Kier molecular flexibility index (Phi) is 4.72. The van der Waals surface area contributed by atoms with Gasteiger partial charge in [0.2, 0.25) is 0 Å². The molecule has 140 valence electrons. The van der Waals surface area contributed by atoms with Gasteiger partial charge in [-0.1, -0.05) is 0 Å². The largest absolute Gasteiger partial charge is 0.381 e. The molecule has 1 aliphatic heterocycles. The lowest BCUT2D eigenvalue weighted by molar-refractivity contribution is -0.384. The average Bonchev–Trinajstić information content (AvgIpc) is 3.13. The molecule has 3 aromatic rings. The molecule has 3 heterocycles. The number of hydrogen-bond acceptors (Lipinski definition) is 6. The highest BCUT2D eigenvalue weighted by molar-refractivity contribution is 5.91. The summed E-state index contributed by atoms with van der Waals surface area (Å²) in [5.41, 5.74) is 2.57. The average molecular weight is 367 g/mol. The molecule has 0 radical (unpaired) electrons. The Balaban J connectivity index is 1.62. The van der Waals surface area contributed by atoms with E-state index in [-0.39, 0.29) is 5.69 Å². The lowest BCUT2D eigenvalue weighted by Gasteiger charge is -2.27. The highest BCUT2D eigenvalue weighted by atomic mass is 16.6. The normalized spacial score (nSPS) is 15.1. The SMILES string of the molecule is CN(CC1CCOCC1)c1ncnc2[nH]c(-c3ccc([N+](=O)[O-])cc3)cc12. The molecule has 27 heavy (non-hydrogen) atoms. The first kappa shape index (κ1) is 17.4. The quantitative estimate of drug-likeness (QED) is 0.548. The molecule has 8 nitrogen and oxygen atoms in total. The van der Waals surface area contributed by atoms with Gasteiger partial charge in [0.25, 0.3) is 5.69 Å². The van der Waals surface area contributed by atoms with Crippen LogP contribution in [0.1, 0.15) is 12.8 Å². The molecule has 1 aliphatic rings. The van der Waals surface area contributed by atoms with Crippen LogP contribution in [-0.4, -0.2) is 46.7 Å². The van der Waals surface area contributed by atoms with E-state index in [9.17, 15) is 10.1 Å². The van der Waals surface area contributed by atoms with Crippen LogP contribution in [0.15, 0.2) is 36.7 Å². The molecule has 2 aromatic heterocycles. The summed E-state index contributed by atoms with van der Waals surface area (Å²) in [4.78, 5) is 24.7. The summed E-state index contributed by atoms with van der Waals surface area (Å²) in [6, 6.07) is 8.49. The van der Waals surface area contributed by atoms with Crippen molar-refractivity contribution in [3.63, 3.8) is 0 Å². The minimum absolute atomic E-state index is 0.0755. The summed E-state index contributed by atoms with van der Waals surface area (Å²) in [6.07, 6.45) is 3.70. The number of nitrogens with zero attached hydrogens (tertiary/aromatic N) is 4. The molecular weight excluding hydrogens is 346 g/mol. The van der Waals surface area contributed by atoms with Crippen molar-refractivity contribution in [3.8, 4) is 11.3 Å². The van der Waals surface area contributed by atoms with Crippen LogP contribution in [-0.2, 0) is 4.74 Å². The zero-order chi connectivity index (χ0) is 18.8. The minimum Gasteiger partial charge on any atom is -0.381 e. The Bertz CT molecular complexity index is 948. The number of hydrogen-bond donors (Lipinski definition) is 1. The molecule has 4 rings (SSSR count). The first-order valence-electron chi connectivity index (χ1n) is 8.99. The number of non-ortho nitro benzene ring substituents is 1. The van der Waals surface area contributed by atoms with Crippen LogP contribution in [0.4, 0.5) is 11.5 Å². The molecule has 8 heteroatoms. The highest BCUT2D eigenvalue weighted by Gasteiger charge is 2.19. The van der Waals surface area contributed by atoms with Crippen molar-refractivity contribution in [2.75, 3.05) is 31.7 Å². The number of aromatic nitrogens is 3. The van der Waals surface area contributed by atoms with Crippen LogP contribution < -0.4 is 4.90 Å². The van der Waals surface area contributed by atoms with Gasteiger partial charge in [-0.25, -0.2) is 9.97 Å². The molecule has 0 bridgehead atoms. The molecule has 0 spiro atoms. The number of rotatable bonds is 5. The fraction of sp³-hybridized carbons (Fsp3) is 0.368. The van der Waals surface area contributed by atoms with Crippen molar-refractivity contribution < 1.29 is 9.66 Å². The fourth-order valence-corrected chi connectivity index (χ4v) is 3.55. The highest BCUT2D eigenvalue weighted by Crippen LogP contribution is 2.30. The van der Waals surface area contributed by atoms with Gasteiger partial charge in [0.05, 0.1) is 10.3 Å². The summed E-state index contributed by atoms with van der Waals surface area (Å²) in [5.74, 6) is 1.48. The molecule has 1 N–H and O–H groups in total. The second-order valence-corrected chi connectivity index (χ2v) is 6.88. The van der Waals surface area contributed by atoms with Gasteiger partial charge in [-0.15, -0.1) is 0 Å². The van der Waals surface area contributed by atoms with Gasteiger partial charge in [0.15, 0.2) is 0 Å². The Morgan fingerprint density at radius 2 is 2.00 bits per heavy atom. The van der Waals surface area contributed by atoms with E-state index in [1.807, 2.05) is 6.07 Å². The predicted octanol–water partition coefficient (Wildman–Crippen LogP) is 3.40. The number of fused-ring (bicyclic) bond motifs is 1. The zero-order valence-corrected chi connectivity index (χ0v) is 15.1. The molecule has 1 saturated heterocycles. The van der Waals surface area contributed by atoms with Crippen LogP contribution in [0.25, 0.3) is 22.3 Å². The van der Waals surface area contributed by atoms with E-state index in [1.54, 1.807) is 18.5 Å². The van der Waals surface area contributed by atoms with E-state index in [4.69, 9.17) is 4.74 Å². The monoisotopic (exact) mass is 367 g/mol. The van der Waals surface area contributed by atoms with Gasteiger partial charge >= 0.3 is 0 Å². The maximum Gasteiger partial charge on any atom is 0.269 e. The lowest BCUT2D eigenvalue weighted by atomic mass is 10.00. The number of aromatic amines is 1. The third-order valence-electron chi connectivity index (χ3n) is 5.03. The van der Waals surface area contributed by atoms with Gasteiger partial charge in [0.1, 0.15) is 17.8 Å². The standard InChI is InChI=1S/C19H21N5O3/c1-23(11-13-6-8-27-9-7-13)19-16-10-17(22-18(16)20-12-21-19)14-2-4-15(5-3-14)24(25)26/h2-5,10,12-13H,6-9,11H2,1H3,(H,20,21,22). The molecule has 0 aliphatic carbocycles. The van der Waals surface area contributed by atoms with Crippen LogP contribution in [0.3, 0.4) is 0 Å². The lowest BCUT2D eigenvalue weighted by Crippen LogP contribution is -2.30. The molecule has 0 saturated carbocycles. The van der Waals surface area contributed by atoms with Crippen LogP contribution in [0.5, 0.6) is 0 Å². The molecule has 0 atom stereocenters. The van der Waals surface area contributed by atoms with Gasteiger partial charge in [0, 0.05) is 44.6 Å². The summed E-state index contributed by atoms with van der Waals surface area (Å²) in [7, 11) is 2.05. The predicted molar refractivity (Wildman–Crippen MR) is 103 cm³/mol. The minimum atomic E-state index is -0.399. The van der Waals surface area contributed by atoms with Crippen molar-refractivity contribution in [1.82, 2.24) is 15.0 Å². The fourth-order valence-electron chi connectivity index (χ4n) is 3.55. The van der Waals surface area contributed by atoms with Crippen molar-refractivity contribution in [3.05, 3.63) is 46.8 Å². The van der Waals surface area contributed by atoms with Crippen LogP contribution in [0.2, 0.25) is 0 Å². The first-order valence-corrected chi connectivity index (χ1v) is 8.99. The topological polar surface area (TPSA) is 97.2 Å². The summed E-state index contributed by atoms with van der Waals surface area (Å²) >= 11 is 0. The van der Waals surface area contributed by atoms with Crippen molar-refractivity contribution >= 4 is 22.5 Å². The Morgan fingerprint density at radius 1 is 1.26 bits per heavy atom. The third-order valence-corrected chi connectivity index (χ3v) is 5.03. The molecule has 1 fully saturated rings. The van der Waals surface area contributed by atoms with Crippen LogP contribution >= 0.6 is 0 Å². The van der Waals surface area contributed by atoms with Crippen molar-refractivity contribution in [2.24, 2.45) is 5.92 Å². The number of H-pyrrole nitrogens is 1. The zero-order valence-electron chi connectivity index (χ0n) is 15.1. The third kappa shape index (κ3) is 3.61. The molecule has 0 amide bonds. The summed E-state index contributed by atoms with van der Waals surface area (Å²) in [6.45, 7) is 2.58. The first-order chi connectivity index (χ1) is 13.1. The van der Waals surface area contributed by atoms with Gasteiger partial charge < -0.3 is 14.6 Å². The number of nitro groups is 1. The van der Waals surface area contributed by atoms with E-state index >= 15 is 0 Å². The van der Waals surface area contributed by atoms with Crippen molar-refractivity contribution in [1.29, 1.82) is 0 Å². The molecule has 0 unspecified atom stereocenters. The smallest absolute Gasteiger partial charge is 0.269 e. The van der Waals surface area contributed by atoms with E-state index in [2.05, 4.69) is 26.9 Å². The van der Waals surface area contributed by atoms with Gasteiger partial charge in [-0.05, 0) is 42.5 Å². The van der Waals surface area contributed by atoms with Crippen LogP contribution in [0, 0.1) is 16.0 Å². The number of ether oxygens (including phenoxy) is 1. The van der Waals surface area contributed by atoms with E-state index < -0.39 is 4.92 Å². The number of nitro benzene ring substituents is 1. The second-order valence-electron chi connectivity index (χ2n) is 6.88. The van der Waals surface area contributed by atoms with E-state index in [1.165, 1.54) is 12.1 Å². The summed E-state index contributed by atoms with van der Waals surface area (Å²) in [5, 5.41) is 11.8. The number of nitrogens with one attached hydrogen (secondary N) is 1. The Labute approximate surface area is 156 Å². The van der Waals surface area contributed by atoms with Gasteiger partial charge in [-0.3, -0.25) is 10.1 Å². The maximum atomic E-state index is 10.8. The Morgan fingerprint density at radius 3 is 2.70 bits per heavy atom. The molecular formula is C19H21N5O3.